The summed E-state index contributed by atoms with van der Waals surface area (Å²) in [5.74, 6) is -3.51. The minimum Gasteiger partial charge on any atom is -0.481 e. The van der Waals surface area contributed by atoms with Gasteiger partial charge in [-0.25, -0.2) is 0 Å². The molecule has 0 spiro atoms. The van der Waals surface area contributed by atoms with Gasteiger partial charge >= 0.3 is 11.9 Å². The third kappa shape index (κ3) is 3.85. The first-order chi connectivity index (χ1) is 5.71. The topological polar surface area (TPSA) is 101 Å². The SMILES string of the molecule is [2H]C([C@H](N)C(=O)O)C([2H])([2H])C(=O)O. The molecule has 0 aliphatic heterocycles. The Kier molecular flexibility index (Phi) is 1.79. The van der Waals surface area contributed by atoms with Gasteiger partial charge in [0.25, 0.3) is 0 Å². The molecule has 0 aromatic heterocycles. The minimum atomic E-state index is -2.96. The Balaban J connectivity index is 4.67. The number of carboxylic acids is 2. The van der Waals surface area contributed by atoms with Crippen LogP contribution in [0.2, 0.25) is 0 Å². The van der Waals surface area contributed by atoms with Crippen LogP contribution < -0.4 is 5.73 Å². The van der Waals surface area contributed by atoms with Gasteiger partial charge in [0, 0.05) is 10.5 Å². The first-order valence-electron chi connectivity index (χ1n) is 3.93. The Labute approximate surface area is 61.7 Å². The Morgan fingerprint density at radius 2 is 2.10 bits per heavy atom. The van der Waals surface area contributed by atoms with Gasteiger partial charge in [-0.3, -0.25) is 9.59 Å². The molecule has 0 fully saturated rings. The predicted molar refractivity (Wildman–Crippen MR) is 32.5 cm³/mol. The number of carboxylic acid groups (broad SMARTS) is 2. The molecule has 0 saturated heterocycles. The highest BCUT2D eigenvalue weighted by Gasteiger charge is 2.12. The summed E-state index contributed by atoms with van der Waals surface area (Å²) in [4.78, 5) is 20.5. The predicted octanol–water partition coefficient (Wildman–Crippen LogP) is -0.737. The van der Waals surface area contributed by atoms with E-state index in [1.54, 1.807) is 0 Å². The maximum Gasteiger partial charge on any atom is 0.320 e. The van der Waals surface area contributed by atoms with Crippen LogP contribution >= 0.6 is 0 Å². The summed E-state index contributed by atoms with van der Waals surface area (Å²) in [6, 6.07) is -1.86. The van der Waals surface area contributed by atoms with Crippen molar-refractivity contribution >= 4 is 11.9 Å². The van der Waals surface area contributed by atoms with E-state index in [1.807, 2.05) is 0 Å². The number of hydrogen-bond acceptors (Lipinski definition) is 3. The molecule has 1 unspecified atom stereocenters. The Bertz CT molecular complexity index is 232. The van der Waals surface area contributed by atoms with Crippen LogP contribution in [0.4, 0.5) is 0 Å². The molecule has 0 aliphatic carbocycles. The smallest absolute Gasteiger partial charge is 0.320 e. The van der Waals surface area contributed by atoms with Gasteiger partial charge in [-0.05, 0) is 6.40 Å². The summed E-state index contributed by atoms with van der Waals surface area (Å²) in [7, 11) is 0. The Morgan fingerprint density at radius 3 is 2.40 bits per heavy atom. The highest BCUT2D eigenvalue weighted by molar-refractivity contribution is 5.74. The van der Waals surface area contributed by atoms with Gasteiger partial charge in [-0.15, -0.1) is 0 Å². The molecular weight excluding hydrogens is 138 g/mol. The van der Waals surface area contributed by atoms with Crippen molar-refractivity contribution in [3.8, 4) is 0 Å². The molecule has 0 rings (SSSR count). The lowest BCUT2D eigenvalue weighted by Crippen LogP contribution is -2.30. The van der Waals surface area contributed by atoms with Crippen molar-refractivity contribution in [3.05, 3.63) is 0 Å². The maximum absolute atomic E-state index is 10.2. The zero-order valence-electron chi connectivity index (χ0n) is 7.94. The molecule has 0 heterocycles. The van der Waals surface area contributed by atoms with Crippen molar-refractivity contribution in [2.75, 3.05) is 0 Å². The van der Waals surface area contributed by atoms with Crippen LogP contribution in [-0.4, -0.2) is 28.2 Å². The van der Waals surface area contributed by atoms with Crippen molar-refractivity contribution < 1.29 is 23.9 Å². The Hall–Kier alpha value is -1.10. The molecule has 5 nitrogen and oxygen atoms in total. The minimum absolute atomic E-state index is 1.61. The summed E-state index contributed by atoms with van der Waals surface area (Å²) in [6.45, 7) is 0. The summed E-state index contributed by atoms with van der Waals surface area (Å²) in [5.41, 5.74) is 4.89. The summed E-state index contributed by atoms with van der Waals surface area (Å²) >= 11 is 0. The van der Waals surface area contributed by atoms with Crippen molar-refractivity contribution in [3.63, 3.8) is 0 Å². The molecule has 0 bridgehead atoms. The molecule has 0 saturated carbocycles. The van der Waals surface area contributed by atoms with E-state index in [-0.39, 0.29) is 0 Å². The van der Waals surface area contributed by atoms with Gasteiger partial charge in [0.2, 0.25) is 0 Å². The molecule has 2 atom stereocenters. The second-order valence-corrected chi connectivity index (χ2v) is 1.48. The lowest BCUT2D eigenvalue weighted by atomic mass is 10.2. The molecule has 58 valence electrons. The van der Waals surface area contributed by atoms with E-state index in [1.165, 1.54) is 0 Å². The lowest BCUT2D eigenvalue weighted by molar-refractivity contribution is -0.139. The van der Waals surface area contributed by atoms with E-state index in [4.69, 9.17) is 20.1 Å². The van der Waals surface area contributed by atoms with Gasteiger partial charge < -0.3 is 15.9 Å². The summed E-state index contributed by atoms with van der Waals surface area (Å²) in [6.07, 6.45) is -5.00. The van der Waals surface area contributed by atoms with Crippen molar-refractivity contribution in [1.82, 2.24) is 0 Å². The first-order valence-corrected chi connectivity index (χ1v) is 2.35. The highest BCUT2D eigenvalue weighted by Crippen LogP contribution is 1.93. The van der Waals surface area contributed by atoms with Crippen LogP contribution in [0, 0.1) is 0 Å². The third-order valence-electron chi connectivity index (χ3n) is 0.672. The third-order valence-corrected chi connectivity index (χ3v) is 0.672. The zero-order valence-corrected chi connectivity index (χ0v) is 4.94. The average molecular weight is 150 g/mol. The number of aliphatic carboxylic acids is 2. The highest BCUT2D eigenvalue weighted by atomic mass is 16.4. The number of rotatable bonds is 4. The van der Waals surface area contributed by atoms with Gasteiger partial charge in [-0.1, -0.05) is 0 Å². The quantitative estimate of drug-likeness (QED) is 0.490. The van der Waals surface area contributed by atoms with Crippen molar-refractivity contribution in [1.29, 1.82) is 0 Å². The molecule has 4 N–H and O–H groups in total. The average Bonchev–Trinajstić information content (AvgIpc) is 2.01. The molecule has 5 heteroatoms. The molecule has 0 amide bonds. The van der Waals surface area contributed by atoms with Crippen LogP contribution in [0.25, 0.3) is 0 Å². The van der Waals surface area contributed by atoms with Crippen molar-refractivity contribution in [2.24, 2.45) is 5.73 Å². The van der Waals surface area contributed by atoms with Crippen LogP contribution in [0.15, 0.2) is 0 Å². The largest absolute Gasteiger partial charge is 0.481 e. The second kappa shape index (κ2) is 3.84. The first kappa shape index (κ1) is 4.68. The van der Waals surface area contributed by atoms with E-state index >= 15 is 0 Å². The second-order valence-electron chi connectivity index (χ2n) is 1.48. The van der Waals surface area contributed by atoms with Gasteiger partial charge in [0.1, 0.15) is 6.04 Å². The molecule has 0 aliphatic rings. The van der Waals surface area contributed by atoms with Crippen LogP contribution in [-0.2, 0) is 9.59 Å². The zero-order chi connectivity index (χ0) is 10.8. The normalized spacial score (nSPS) is 21.5. The maximum atomic E-state index is 10.2. The van der Waals surface area contributed by atoms with E-state index in [9.17, 15) is 9.59 Å². The van der Waals surface area contributed by atoms with E-state index in [0.29, 0.717) is 0 Å². The van der Waals surface area contributed by atoms with Crippen LogP contribution in [0.5, 0.6) is 0 Å². The number of carbonyl (C=O) groups is 2. The van der Waals surface area contributed by atoms with Gasteiger partial charge in [0.05, 0.1) is 0 Å². The Morgan fingerprint density at radius 1 is 1.60 bits per heavy atom. The molecule has 0 aromatic rings. The monoisotopic (exact) mass is 150 g/mol. The number of hydrogen-bond donors (Lipinski definition) is 3. The molecular formula is C5H9NO4. The van der Waals surface area contributed by atoms with E-state index < -0.39 is 30.8 Å². The standard InChI is InChI=1S/C5H9NO4/c6-3(5(9)10)1-2-4(7)8/h3H,1-2,6H2,(H,7,8)(H,9,10)/t3-/m0/s1/i1D,2D2/t1?,3-. The van der Waals surface area contributed by atoms with E-state index in [0.717, 1.165) is 0 Å². The number of nitrogens with two attached hydrogens (primary N) is 1. The van der Waals surface area contributed by atoms with Gasteiger partial charge in [0.15, 0.2) is 0 Å². The summed E-state index contributed by atoms with van der Waals surface area (Å²) in [5, 5.41) is 16.6. The fraction of sp³-hybridized carbons (Fsp3) is 0.600. The van der Waals surface area contributed by atoms with Crippen LogP contribution in [0.3, 0.4) is 0 Å². The van der Waals surface area contributed by atoms with Crippen molar-refractivity contribution in [2.45, 2.75) is 18.8 Å². The fourth-order valence-corrected chi connectivity index (χ4v) is 0.232. The fourth-order valence-electron chi connectivity index (χ4n) is 0.232. The molecule has 0 radical (unpaired) electrons. The molecule has 10 heavy (non-hydrogen) atoms. The molecule has 0 aromatic carbocycles. The van der Waals surface area contributed by atoms with E-state index in [2.05, 4.69) is 0 Å². The lowest BCUT2D eigenvalue weighted by Gasteiger charge is -2.01. The van der Waals surface area contributed by atoms with Gasteiger partial charge in [-0.2, -0.15) is 0 Å². The van der Waals surface area contributed by atoms with Crippen LogP contribution in [0.1, 0.15) is 16.9 Å². The summed E-state index contributed by atoms with van der Waals surface area (Å²) < 4.78 is 20.7.